The number of amides is 1. The largest absolute Gasteiger partial charge is 0.497 e. The summed E-state index contributed by atoms with van der Waals surface area (Å²) in [7, 11) is 1.61. The van der Waals surface area contributed by atoms with E-state index in [1.165, 1.54) is 18.2 Å². The number of carbonyl (C=O) groups excluding carboxylic acids is 1. The third kappa shape index (κ3) is 4.95. The van der Waals surface area contributed by atoms with E-state index in [9.17, 15) is 14.9 Å². The normalized spacial score (nSPS) is 10.5. The van der Waals surface area contributed by atoms with Gasteiger partial charge in [0.1, 0.15) is 5.75 Å². The third-order valence-electron chi connectivity index (χ3n) is 3.42. The molecule has 0 aromatic heterocycles. The van der Waals surface area contributed by atoms with E-state index in [2.05, 4.69) is 5.32 Å². The zero-order chi connectivity index (χ0) is 17.4. The van der Waals surface area contributed by atoms with Gasteiger partial charge < -0.3 is 10.1 Å². The average Bonchev–Trinajstić information content (AvgIpc) is 2.60. The van der Waals surface area contributed by atoms with Crippen LogP contribution >= 0.6 is 0 Å². The number of nitrogens with one attached hydrogen (secondary N) is 1. The van der Waals surface area contributed by atoms with E-state index in [0.29, 0.717) is 18.5 Å². The van der Waals surface area contributed by atoms with Gasteiger partial charge in [-0.15, -0.1) is 0 Å². The van der Waals surface area contributed by atoms with Crippen molar-refractivity contribution in [3.8, 4) is 5.75 Å². The number of para-hydroxylation sites is 1. The van der Waals surface area contributed by atoms with Crippen LogP contribution in [0.5, 0.6) is 5.75 Å². The van der Waals surface area contributed by atoms with E-state index in [1.54, 1.807) is 25.3 Å². The molecule has 0 saturated heterocycles. The van der Waals surface area contributed by atoms with Gasteiger partial charge in [-0.3, -0.25) is 14.9 Å². The van der Waals surface area contributed by atoms with Crippen molar-refractivity contribution in [3.63, 3.8) is 0 Å². The molecular weight excluding hydrogens is 308 g/mol. The van der Waals surface area contributed by atoms with Gasteiger partial charge in [-0.1, -0.05) is 24.3 Å². The van der Waals surface area contributed by atoms with Gasteiger partial charge in [-0.25, -0.2) is 0 Å². The topological polar surface area (TPSA) is 81.5 Å². The lowest BCUT2D eigenvalue weighted by Gasteiger charge is -2.04. The highest BCUT2D eigenvalue weighted by Gasteiger charge is 2.09. The van der Waals surface area contributed by atoms with Crippen LogP contribution in [0.3, 0.4) is 0 Å². The first kappa shape index (κ1) is 17.2. The van der Waals surface area contributed by atoms with Crippen molar-refractivity contribution in [1.29, 1.82) is 0 Å². The summed E-state index contributed by atoms with van der Waals surface area (Å²) < 4.78 is 5.09. The quantitative estimate of drug-likeness (QED) is 0.482. The molecule has 2 rings (SSSR count). The van der Waals surface area contributed by atoms with E-state index in [4.69, 9.17) is 4.74 Å². The van der Waals surface area contributed by atoms with Crippen LogP contribution in [0, 0.1) is 10.1 Å². The van der Waals surface area contributed by atoms with Crippen LogP contribution in [-0.2, 0) is 11.2 Å². The molecule has 124 valence electrons. The lowest BCUT2D eigenvalue weighted by atomic mass is 10.1. The number of rotatable bonds is 7. The Hall–Kier alpha value is -3.15. The molecule has 2 aromatic rings. The number of nitro benzene ring substituents is 1. The van der Waals surface area contributed by atoms with Gasteiger partial charge in [0.05, 0.1) is 17.6 Å². The van der Waals surface area contributed by atoms with Crippen LogP contribution in [0.15, 0.2) is 54.6 Å². The molecule has 6 heteroatoms. The van der Waals surface area contributed by atoms with Crippen molar-refractivity contribution in [2.45, 2.75) is 6.42 Å². The Morgan fingerprint density at radius 1 is 1.21 bits per heavy atom. The first-order valence-corrected chi connectivity index (χ1v) is 7.42. The van der Waals surface area contributed by atoms with Gasteiger partial charge in [0.2, 0.25) is 5.91 Å². The number of benzene rings is 2. The Kier molecular flexibility index (Phi) is 6.08. The monoisotopic (exact) mass is 326 g/mol. The molecule has 1 N–H and O–H groups in total. The van der Waals surface area contributed by atoms with E-state index >= 15 is 0 Å². The maximum Gasteiger partial charge on any atom is 0.276 e. The van der Waals surface area contributed by atoms with Crippen LogP contribution in [0.25, 0.3) is 6.08 Å². The van der Waals surface area contributed by atoms with Crippen molar-refractivity contribution >= 4 is 17.7 Å². The van der Waals surface area contributed by atoms with Gasteiger partial charge in [0.25, 0.3) is 5.69 Å². The molecule has 1 amide bonds. The van der Waals surface area contributed by atoms with Crippen molar-refractivity contribution in [2.75, 3.05) is 13.7 Å². The summed E-state index contributed by atoms with van der Waals surface area (Å²) in [6, 6.07) is 13.9. The molecule has 0 radical (unpaired) electrons. The lowest BCUT2D eigenvalue weighted by molar-refractivity contribution is -0.385. The summed E-state index contributed by atoms with van der Waals surface area (Å²) in [6.45, 7) is 0.479. The highest BCUT2D eigenvalue weighted by Crippen LogP contribution is 2.18. The molecule has 2 aromatic carbocycles. The minimum Gasteiger partial charge on any atom is -0.497 e. The second kappa shape index (κ2) is 8.47. The van der Waals surface area contributed by atoms with Gasteiger partial charge >= 0.3 is 0 Å². The Morgan fingerprint density at radius 2 is 1.92 bits per heavy atom. The minimum atomic E-state index is -0.471. The Morgan fingerprint density at radius 3 is 2.58 bits per heavy atom. The summed E-state index contributed by atoms with van der Waals surface area (Å²) in [5.41, 5.74) is 1.45. The fourth-order valence-corrected chi connectivity index (χ4v) is 2.14. The van der Waals surface area contributed by atoms with E-state index < -0.39 is 4.92 Å². The number of nitrogens with zero attached hydrogens (tertiary/aromatic N) is 1. The number of hydrogen-bond acceptors (Lipinski definition) is 4. The smallest absolute Gasteiger partial charge is 0.276 e. The predicted octanol–water partition coefficient (Wildman–Crippen LogP) is 2.98. The van der Waals surface area contributed by atoms with Crippen molar-refractivity contribution < 1.29 is 14.5 Å². The second-order valence-electron chi connectivity index (χ2n) is 5.04. The van der Waals surface area contributed by atoms with Gasteiger partial charge in [0.15, 0.2) is 0 Å². The van der Waals surface area contributed by atoms with Crippen molar-refractivity contribution in [1.82, 2.24) is 5.32 Å². The van der Waals surface area contributed by atoms with E-state index in [-0.39, 0.29) is 11.6 Å². The lowest BCUT2D eigenvalue weighted by Crippen LogP contribution is -2.23. The van der Waals surface area contributed by atoms with Gasteiger partial charge in [-0.2, -0.15) is 0 Å². The zero-order valence-corrected chi connectivity index (χ0v) is 13.3. The van der Waals surface area contributed by atoms with Crippen LogP contribution in [0.1, 0.15) is 11.1 Å². The number of carbonyl (C=O) groups is 1. The van der Waals surface area contributed by atoms with Gasteiger partial charge in [-0.05, 0) is 36.3 Å². The number of nitro groups is 1. The van der Waals surface area contributed by atoms with Crippen LogP contribution in [-0.4, -0.2) is 24.5 Å². The molecule has 0 spiro atoms. The number of methoxy groups -OCH3 is 1. The third-order valence-corrected chi connectivity index (χ3v) is 3.42. The first-order chi connectivity index (χ1) is 11.6. The van der Waals surface area contributed by atoms with Gasteiger partial charge in [0, 0.05) is 18.7 Å². The Labute approximate surface area is 139 Å². The standard InChI is InChI=1S/C18H18N2O4/c1-24-16-9-6-14(7-10-16)12-13-19-18(21)11-8-15-4-2-3-5-17(15)20(22)23/h2-11H,12-13H2,1H3,(H,19,21)/b11-8+. The van der Waals surface area contributed by atoms with Crippen LogP contribution in [0.4, 0.5) is 5.69 Å². The highest BCUT2D eigenvalue weighted by molar-refractivity contribution is 5.92. The van der Waals surface area contributed by atoms with Crippen LogP contribution < -0.4 is 10.1 Å². The fraction of sp³-hybridized carbons (Fsp3) is 0.167. The molecule has 24 heavy (non-hydrogen) atoms. The van der Waals surface area contributed by atoms with E-state index in [0.717, 1.165) is 11.3 Å². The predicted molar refractivity (Wildman–Crippen MR) is 91.8 cm³/mol. The summed E-state index contributed by atoms with van der Waals surface area (Å²) in [4.78, 5) is 22.2. The van der Waals surface area contributed by atoms with Crippen molar-refractivity contribution in [3.05, 3.63) is 75.8 Å². The number of ether oxygens (including phenoxy) is 1. The first-order valence-electron chi connectivity index (χ1n) is 7.42. The molecular formula is C18H18N2O4. The maximum absolute atomic E-state index is 11.8. The molecule has 0 heterocycles. The molecule has 0 bridgehead atoms. The molecule has 0 saturated carbocycles. The molecule has 0 atom stereocenters. The summed E-state index contributed by atoms with van der Waals surface area (Å²) in [6.07, 6.45) is 3.44. The number of hydrogen-bond donors (Lipinski definition) is 1. The maximum atomic E-state index is 11.8. The van der Waals surface area contributed by atoms with Crippen LogP contribution in [0.2, 0.25) is 0 Å². The fourth-order valence-electron chi connectivity index (χ4n) is 2.14. The molecule has 0 fully saturated rings. The average molecular weight is 326 g/mol. The molecule has 6 nitrogen and oxygen atoms in total. The molecule has 0 aliphatic carbocycles. The molecule has 0 aliphatic heterocycles. The van der Waals surface area contributed by atoms with E-state index in [1.807, 2.05) is 24.3 Å². The molecule has 0 aliphatic rings. The molecule has 0 unspecified atom stereocenters. The zero-order valence-electron chi connectivity index (χ0n) is 13.3. The van der Waals surface area contributed by atoms with Crippen molar-refractivity contribution in [2.24, 2.45) is 0 Å². The second-order valence-corrected chi connectivity index (χ2v) is 5.04. The summed E-state index contributed by atoms with van der Waals surface area (Å²) in [5.74, 6) is 0.497. The summed E-state index contributed by atoms with van der Waals surface area (Å²) in [5, 5.41) is 13.7. The highest BCUT2D eigenvalue weighted by atomic mass is 16.6. The Bertz CT molecular complexity index is 739. The minimum absolute atomic E-state index is 0.0280. The SMILES string of the molecule is COc1ccc(CCNC(=O)/C=C/c2ccccc2[N+](=O)[O-])cc1. The Balaban J connectivity index is 1.86. The summed E-state index contributed by atoms with van der Waals surface area (Å²) >= 11 is 0.